The van der Waals surface area contributed by atoms with Gasteiger partial charge in [0.2, 0.25) is 5.91 Å². The number of carbonyl (C=O) groups is 2. The van der Waals surface area contributed by atoms with E-state index in [0.29, 0.717) is 0 Å². The van der Waals surface area contributed by atoms with Crippen molar-refractivity contribution >= 4 is 18.0 Å². The van der Waals surface area contributed by atoms with E-state index < -0.39 is 6.04 Å². The Balaban J connectivity index is 2.40. The highest BCUT2D eigenvalue weighted by molar-refractivity contribution is 6.09. The summed E-state index contributed by atoms with van der Waals surface area (Å²) >= 11 is 0. The molecule has 4 nitrogen and oxygen atoms in total. The van der Waals surface area contributed by atoms with E-state index in [9.17, 15) is 9.59 Å². The van der Waals surface area contributed by atoms with Crippen molar-refractivity contribution in [1.29, 1.82) is 0 Å². The number of likely N-dealkylation sites (N-methyl/N-ethyl adjacent to an activating group) is 1. The summed E-state index contributed by atoms with van der Waals surface area (Å²) in [5, 5.41) is 0. The molecule has 1 saturated heterocycles. The van der Waals surface area contributed by atoms with Crippen LogP contribution in [0.4, 0.5) is 0 Å². The van der Waals surface area contributed by atoms with E-state index in [0.717, 1.165) is 4.90 Å². The Bertz CT molecular complexity index is 276. The third-order valence-corrected chi connectivity index (χ3v) is 2.19. The maximum atomic E-state index is 11.3. The first-order chi connectivity index (χ1) is 5.72. The van der Waals surface area contributed by atoms with Gasteiger partial charge in [-0.05, 0) is 6.08 Å². The molecule has 2 amide bonds. The lowest BCUT2D eigenvalue weighted by molar-refractivity contribution is -0.137. The van der Waals surface area contributed by atoms with Gasteiger partial charge in [0.1, 0.15) is 6.04 Å². The number of nitrogens with zero attached hydrogens (tertiary/aromatic N) is 2. The van der Waals surface area contributed by atoms with E-state index in [1.165, 1.54) is 7.05 Å². The SMILES string of the molecule is CN1C(=O)C2C=CC=NC2C1=O. The number of rotatable bonds is 0. The molecule has 2 heterocycles. The van der Waals surface area contributed by atoms with Crippen LogP contribution in [0.25, 0.3) is 0 Å². The summed E-state index contributed by atoms with van der Waals surface area (Å²) in [6.45, 7) is 0. The van der Waals surface area contributed by atoms with Gasteiger partial charge < -0.3 is 0 Å². The summed E-state index contributed by atoms with van der Waals surface area (Å²) < 4.78 is 0. The summed E-state index contributed by atoms with van der Waals surface area (Å²) in [6, 6.07) is -0.493. The zero-order valence-corrected chi connectivity index (χ0v) is 6.60. The molecule has 0 saturated carbocycles. The number of aliphatic imine (C=N–C) groups is 1. The standard InChI is InChI=1S/C8H8N2O2/c1-10-7(11)5-3-2-4-9-6(5)8(10)12/h2-6H,1H3. The van der Waals surface area contributed by atoms with E-state index in [4.69, 9.17) is 0 Å². The van der Waals surface area contributed by atoms with Crippen LogP contribution in [0.15, 0.2) is 17.1 Å². The Labute approximate surface area is 69.6 Å². The van der Waals surface area contributed by atoms with Crippen LogP contribution < -0.4 is 0 Å². The van der Waals surface area contributed by atoms with Crippen molar-refractivity contribution < 1.29 is 9.59 Å². The van der Waals surface area contributed by atoms with Gasteiger partial charge in [-0.1, -0.05) is 6.08 Å². The minimum Gasteiger partial charge on any atom is -0.283 e. The van der Waals surface area contributed by atoms with Crippen LogP contribution in [0.2, 0.25) is 0 Å². The van der Waals surface area contributed by atoms with Gasteiger partial charge in [-0.15, -0.1) is 0 Å². The minimum atomic E-state index is -0.493. The number of carbonyl (C=O) groups excluding carboxylic acids is 2. The van der Waals surface area contributed by atoms with Crippen molar-refractivity contribution in [2.45, 2.75) is 6.04 Å². The molecule has 0 bridgehead atoms. The lowest BCUT2D eigenvalue weighted by Gasteiger charge is -2.07. The lowest BCUT2D eigenvalue weighted by Crippen LogP contribution is -2.26. The Morgan fingerprint density at radius 1 is 1.42 bits per heavy atom. The Morgan fingerprint density at radius 2 is 2.17 bits per heavy atom. The van der Waals surface area contributed by atoms with Gasteiger partial charge in [-0.2, -0.15) is 0 Å². The largest absolute Gasteiger partial charge is 0.283 e. The topological polar surface area (TPSA) is 49.7 Å². The number of hydrogen-bond donors (Lipinski definition) is 0. The number of dihydropyridines is 1. The fourth-order valence-corrected chi connectivity index (χ4v) is 1.48. The molecule has 2 atom stereocenters. The Hall–Kier alpha value is -1.45. The van der Waals surface area contributed by atoms with Crippen molar-refractivity contribution in [1.82, 2.24) is 4.90 Å². The number of imide groups is 1. The monoisotopic (exact) mass is 164 g/mol. The summed E-state index contributed by atoms with van der Waals surface area (Å²) in [6.07, 6.45) is 4.98. The first-order valence-electron chi connectivity index (χ1n) is 3.73. The van der Waals surface area contributed by atoms with E-state index in [-0.39, 0.29) is 17.7 Å². The van der Waals surface area contributed by atoms with Gasteiger partial charge in [0, 0.05) is 13.3 Å². The Kier molecular flexibility index (Phi) is 1.36. The zero-order chi connectivity index (χ0) is 8.72. The first kappa shape index (κ1) is 7.21. The molecule has 12 heavy (non-hydrogen) atoms. The van der Waals surface area contributed by atoms with E-state index in [2.05, 4.69) is 4.99 Å². The summed E-state index contributed by atoms with van der Waals surface area (Å²) in [5.41, 5.74) is 0. The van der Waals surface area contributed by atoms with Crippen molar-refractivity contribution in [2.75, 3.05) is 7.05 Å². The Morgan fingerprint density at radius 3 is 2.83 bits per heavy atom. The number of amides is 2. The van der Waals surface area contributed by atoms with E-state index in [1.54, 1.807) is 18.4 Å². The van der Waals surface area contributed by atoms with Crippen LogP contribution in [0.5, 0.6) is 0 Å². The number of likely N-dealkylation sites (tertiary alicyclic amines) is 1. The fraction of sp³-hybridized carbons (Fsp3) is 0.375. The van der Waals surface area contributed by atoms with Crippen LogP contribution in [-0.4, -0.2) is 36.0 Å². The predicted molar refractivity (Wildman–Crippen MR) is 42.7 cm³/mol. The lowest BCUT2D eigenvalue weighted by atomic mass is 10.0. The van der Waals surface area contributed by atoms with Crippen LogP contribution in [0, 0.1) is 5.92 Å². The maximum Gasteiger partial charge on any atom is 0.254 e. The molecule has 0 spiro atoms. The fourth-order valence-electron chi connectivity index (χ4n) is 1.48. The van der Waals surface area contributed by atoms with Crippen molar-refractivity contribution in [3.8, 4) is 0 Å². The van der Waals surface area contributed by atoms with Gasteiger partial charge >= 0.3 is 0 Å². The molecule has 2 rings (SSSR count). The molecule has 1 fully saturated rings. The second-order valence-corrected chi connectivity index (χ2v) is 2.89. The second kappa shape index (κ2) is 2.27. The molecule has 2 aliphatic rings. The molecule has 0 N–H and O–H groups in total. The molecule has 0 aromatic rings. The normalized spacial score (nSPS) is 32.9. The number of fused-ring (bicyclic) bond motifs is 1. The average Bonchev–Trinajstić information content (AvgIpc) is 2.33. The maximum absolute atomic E-state index is 11.3. The third-order valence-electron chi connectivity index (χ3n) is 2.19. The third kappa shape index (κ3) is 0.747. The number of allylic oxidation sites excluding steroid dienone is 1. The first-order valence-corrected chi connectivity index (χ1v) is 3.73. The molecule has 62 valence electrons. The van der Waals surface area contributed by atoms with Crippen molar-refractivity contribution in [2.24, 2.45) is 10.9 Å². The molecule has 4 heteroatoms. The molecule has 0 radical (unpaired) electrons. The summed E-state index contributed by atoms with van der Waals surface area (Å²) in [7, 11) is 1.49. The van der Waals surface area contributed by atoms with Crippen molar-refractivity contribution in [3.05, 3.63) is 12.2 Å². The molecule has 0 aromatic carbocycles. The van der Waals surface area contributed by atoms with Gasteiger partial charge in [0.25, 0.3) is 5.91 Å². The second-order valence-electron chi connectivity index (χ2n) is 2.89. The quantitative estimate of drug-likeness (QED) is 0.458. The summed E-state index contributed by atoms with van der Waals surface area (Å²) in [5.74, 6) is -0.712. The zero-order valence-electron chi connectivity index (χ0n) is 6.60. The highest BCUT2D eigenvalue weighted by atomic mass is 16.2. The smallest absolute Gasteiger partial charge is 0.254 e. The predicted octanol–water partition coefficient (Wildman–Crippen LogP) is -0.390. The molecular weight excluding hydrogens is 156 g/mol. The van der Waals surface area contributed by atoms with E-state index >= 15 is 0 Å². The van der Waals surface area contributed by atoms with Crippen LogP contribution in [-0.2, 0) is 9.59 Å². The van der Waals surface area contributed by atoms with Crippen LogP contribution in [0.3, 0.4) is 0 Å². The van der Waals surface area contributed by atoms with Gasteiger partial charge in [0.15, 0.2) is 0 Å². The highest BCUT2D eigenvalue weighted by Crippen LogP contribution is 2.24. The van der Waals surface area contributed by atoms with Gasteiger partial charge in [0.05, 0.1) is 5.92 Å². The summed E-state index contributed by atoms with van der Waals surface area (Å²) in [4.78, 5) is 27.7. The molecule has 2 aliphatic heterocycles. The van der Waals surface area contributed by atoms with Crippen LogP contribution in [0.1, 0.15) is 0 Å². The van der Waals surface area contributed by atoms with Gasteiger partial charge in [-0.25, -0.2) is 0 Å². The number of hydrogen-bond acceptors (Lipinski definition) is 3. The van der Waals surface area contributed by atoms with E-state index in [1.807, 2.05) is 0 Å². The van der Waals surface area contributed by atoms with Gasteiger partial charge in [-0.3, -0.25) is 19.5 Å². The molecule has 0 aliphatic carbocycles. The molecule has 2 unspecified atom stereocenters. The molecule has 0 aromatic heterocycles. The minimum absolute atomic E-state index is 0.155. The van der Waals surface area contributed by atoms with Crippen LogP contribution >= 0.6 is 0 Å². The average molecular weight is 164 g/mol. The highest BCUT2D eigenvalue weighted by Gasteiger charge is 2.44. The van der Waals surface area contributed by atoms with Crippen molar-refractivity contribution in [3.63, 3.8) is 0 Å². The molecular formula is C8H8N2O2.